The predicted molar refractivity (Wildman–Crippen MR) is 79.8 cm³/mol. The molecule has 1 aromatic heterocycles. The summed E-state index contributed by atoms with van der Waals surface area (Å²) in [6.45, 7) is 2.01. The van der Waals surface area contributed by atoms with Crippen molar-refractivity contribution in [1.29, 1.82) is 0 Å². The van der Waals surface area contributed by atoms with Crippen molar-refractivity contribution in [2.75, 3.05) is 6.54 Å². The fourth-order valence-corrected chi connectivity index (χ4v) is 2.61. The van der Waals surface area contributed by atoms with Crippen LogP contribution in [0.5, 0.6) is 0 Å². The summed E-state index contributed by atoms with van der Waals surface area (Å²) in [6, 6.07) is 9.61. The fraction of sp³-hybridized carbons (Fsp3) is 0.375. The third-order valence-corrected chi connectivity index (χ3v) is 3.81. The van der Waals surface area contributed by atoms with Crippen molar-refractivity contribution in [1.82, 2.24) is 14.5 Å². The number of fused-ring (bicyclic) bond motifs is 1. The molecule has 2 heterocycles. The van der Waals surface area contributed by atoms with E-state index in [1.807, 2.05) is 34.9 Å². The van der Waals surface area contributed by atoms with Gasteiger partial charge in [0.05, 0.1) is 30.9 Å². The Balaban J connectivity index is 1.65. The molecular formula is C16H19N3O3. The minimum atomic E-state index is -0.331. The maximum absolute atomic E-state index is 12.3. The highest BCUT2D eigenvalue weighted by Crippen LogP contribution is 2.17. The first kappa shape index (κ1) is 14.6. The Kier molecular flexibility index (Phi) is 4.39. The molecule has 6 nitrogen and oxygen atoms in total. The van der Waals surface area contributed by atoms with E-state index in [1.54, 1.807) is 11.2 Å². The third-order valence-electron chi connectivity index (χ3n) is 3.81. The van der Waals surface area contributed by atoms with E-state index in [2.05, 4.69) is 4.98 Å². The summed E-state index contributed by atoms with van der Waals surface area (Å²) in [5.41, 5.74) is 2.48. The molecule has 0 saturated heterocycles. The van der Waals surface area contributed by atoms with Crippen LogP contribution in [0.3, 0.4) is 0 Å². The second kappa shape index (κ2) is 6.62. The second-order valence-corrected chi connectivity index (χ2v) is 5.30. The zero-order valence-corrected chi connectivity index (χ0v) is 12.3. The highest BCUT2D eigenvalue weighted by molar-refractivity contribution is 5.67. The molecular weight excluding hydrogens is 282 g/mol. The van der Waals surface area contributed by atoms with E-state index in [9.17, 15) is 9.90 Å². The number of benzene rings is 1. The quantitative estimate of drug-likeness (QED) is 0.940. The van der Waals surface area contributed by atoms with Crippen LogP contribution in [0.4, 0.5) is 4.79 Å². The average molecular weight is 301 g/mol. The van der Waals surface area contributed by atoms with E-state index >= 15 is 0 Å². The Morgan fingerprint density at radius 3 is 2.86 bits per heavy atom. The lowest BCUT2D eigenvalue weighted by atomic mass is 10.2. The first-order valence-corrected chi connectivity index (χ1v) is 7.37. The Hall–Kier alpha value is -2.34. The van der Waals surface area contributed by atoms with Crippen molar-refractivity contribution in [2.24, 2.45) is 0 Å². The highest BCUT2D eigenvalue weighted by Gasteiger charge is 2.22. The van der Waals surface area contributed by atoms with Crippen LogP contribution in [0.2, 0.25) is 0 Å². The zero-order chi connectivity index (χ0) is 15.4. The smallest absolute Gasteiger partial charge is 0.410 e. The molecule has 1 aliphatic rings. The molecule has 0 atom stereocenters. The standard InChI is InChI=1S/C16H19N3O3/c20-10-14-15-9-18(7-4-8-19(15)12-17-14)16(21)22-11-13-5-2-1-3-6-13/h1-3,5-6,12,20H,4,7-11H2. The molecule has 0 saturated carbocycles. The number of carbonyl (C=O) groups is 1. The van der Waals surface area contributed by atoms with Crippen LogP contribution in [0.1, 0.15) is 23.4 Å². The molecule has 0 bridgehead atoms. The average Bonchev–Trinajstić information content (AvgIpc) is 2.82. The van der Waals surface area contributed by atoms with Crippen LogP contribution in [-0.4, -0.2) is 32.2 Å². The number of aryl methyl sites for hydroxylation is 1. The molecule has 1 amide bonds. The van der Waals surface area contributed by atoms with Crippen LogP contribution >= 0.6 is 0 Å². The SMILES string of the molecule is O=C(OCc1ccccc1)N1CCCn2cnc(CO)c2C1. The maximum atomic E-state index is 12.3. The summed E-state index contributed by atoms with van der Waals surface area (Å²) < 4.78 is 7.38. The number of hydrogen-bond acceptors (Lipinski definition) is 4. The van der Waals surface area contributed by atoms with Gasteiger partial charge in [-0.15, -0.1) is 0 Å². The van der Waals surface area contributed by atoms with E-state index in [-0.39, 0.29) is 19.3 Å². The van der Waals surface area contributed by atoms with Gasteiger partial charge in [-0.05, 0) is 12.0 Å². The molecule has 1 N–H and O–H groups in total. The van der Waals surface area contributed by atoms with E-state index in [0.29, 0.717) is 18.8 Å². The monoisotopic (exact) mass is 301 g/mol. The largest absolute Gasteiger partial charge is 0.445 e. The predicted octanol–water partition coefficient (Wildman–Crippen LogP) is 1.92. The number of ether oxygens (including phenoxy) is 1. The van der Waals surface area contributed by atoms with Gasteiger partial charge in [0.2, 0.25) is 0 Å². The number of nitrogens with zero attached hydrogens (tertiary/aromatic N) is 3. The van der Waals surface area contributed by atoms with Crippen LogP contribution in [-0.2, 0) is 31.0 Å². The lowest BCUT2D eigenvalue weighted by Crippen LogP contribution is -2.31. The Bertz CT molecular complexity index is 639. The van der Waals surface area contributed by atoms with Crippen LogP contribution in [0.15, 0.2) is 36.7 Å². The number of carbonyl (C=O) groups excluding carboxylic acids is 1. The molecule has 22 heavy (non-hydrogen) atoms. The van der Waals surface area contributed by atoms with Crippen molar-refractivity contribution in [3.63, 3.8) is 0 Å². The molecule has 3 rings (SSSR count). The summed E-state index contributed by atoms with van der Waals surface area (Å²) in [5.74, 6) is 0. The van der Waals surface area contributed by atoms with Crippen molar-refractivity contribution in [3.8, 4) is 0 Å². The van der Waals surface area contributed by atoms with E-state index in [1.165, 1.54) is 0 Å². The number of imidazole rings is 1. The molecule has 1 aromatic carbocycles. The molecule has 0 fully saturated rings. The number of aliphatic hydroxyl groups excluding tert-OH is 1. The second-order valence-electron chi connectivity index (χ2n) is 5.30. The summed E-state index contributed by atoms with van der Waals surface area (Å²) in [7, 11) is 0. The number of hydrogen-bond donors (Lipinski definition) is 1. The minimum Gasteiger partial charge on any atom is -0.445 e. The van der Waals surface area contributed by atoms with Crippen LogP contribution < -0.4 is 0 Å². The molecule has 0 unspecified atom stereocenters. The fourth-order valence-electron chi connectivity index (χ4n) is 2.61. The van der Waals surface area contributed by atoms with Gasteiger partial charge in [-0.25, -0.2) is 9.78 Å². The lowest BCUT2D eigenvalue weighted by Gasteiger charge is -2.20. The van der Waals surface area contributed by atoms with Gasteiger partial charge >= 0.3 is 6.09 Å². The van der Waals surface area contributed by atoms with Crippen LogP contribution in [0, 0.1) is 0 Å². The summed E-state index contributed by atoms with van der Waals surface area (Å²) in [6.07, 6.45) is 2.23. The van der Waals surface area contributed by atoms with Crippen molar-refractivity contribution >= 4 is 6.09 Å². The van der Waals surface area contributed by atoms with E-state index < -0.39 is 0 Å². The van der Waals surface area contributed by atoms with E-state index in [0.717, 1.165) is 24.2 Å². The van der Waals surface area contributed by atoms with Gasteiger partial charge in [0.1, 0.15) is 6.61 Å². The molecule has 0 radical (unpaired) electrons. The minimum absolute atomic E-state index is 0.116. The lowest BCUT2D eigenvalue weighted by molar-refractivity contribution is 0.0939. The van der Waals surface area contributed by atoms with Gasteiger partial charge in [0.25, 0.3) is 0 Å². The molecule has 0 aliphatic carbocycles. The van der Waals surface area contributed by atoms with Crippen molar-refractivity contribution < 1.29 is 14.6 Å². The van der Waals surface area contributed by atoms with Gasteiger partial charge in [0.15, 0.2) is 0 Å². The number of amides is 1. The highest BCUT2D eigenvalue weighted by atomic mass is 16.6. The topological polar surface area (TPSA) is 67.6 Å². The first-order chi connectivity index (χ1) is 10.8. The van der Waals surface area contributed by atoms with Crippen molar-refractivity contribution in [3.05, 3.63) is 53.6 Å². The van der Waals surface area contributed by atoms with Gasteiger partial charge in [-0.3, -0.25) is 0 Å². The number of aliphatic hydroxyl groups is 1. The van der Waals surface area contributed by atoms with Gasteiger partial charge in [-0.1, -0.05) is 30.3 Å². The molecule has 2 aromatic rings. The van der Waals surface area contributed by atoms with E-state index in [4.69, 9.17) is 4.74 Å². The van der Waals surface area contributed by atoms with Gasteiger partial charge < -0.3 is 19.3 Å². The third kappa shape index (κ3) is 3.12. The summed E-state index contributed by atoms with van der Waals surface area (Å²) in [4.78, 5) is 18.1. The first-order valence-electron chi connectivity index (χ1n) is 7.37. The molecule has 6 heteroatoms. The molecule has 0 spiro atoms. The van der Waals surface area contributed by atoms with Crippen LogP contribution in [0.25, 0.3) is 0 Å². The number of aromatic nitrogens is 2. The maximum Gasteiger partial charge on any atom is 0.410 e. The summed E-state index contributed by atoms with van der Waals surface area (Å²) in [5, 5.41) is 9.34. The van der Waals surface area contributed by atoms with Crippen molar-refractivity contribution in [2.45, 2.75) is 32.7 Å². The Labute approximate surface area is 129 Å². The van der Waals surface area contributed by atoms with Gasteiger partial charge in [0, 0.05) is 13.1 Å². The normalized spacial score (nSPS) is 14.3. The Morgan fingerprint density at radius 2 is 2.09 bits per heavy atom. The molecule has 1 aliphatic heterocycles. The molecule has 116 valence electrons. The zero-order valence-electron chi connectivity index (χ0n) is 12.3. The summed E-state index contributed by atoms with van der Waals surface area (Å²) >= 11 is 0. The Morgan fingerprint density at radius 1 is 1.27 bits per heavy atom. The van der Waals surface area contributed by atoms with Gasteiger partial charge in [-0.2, -0.15) is 0 Å². The number of rotatable bonds is 3.